The molecule has 7 rings (SSSR count). The molecule has 1 N–H and O–H groups in total. The molecule has 2 spiro atoms. The van der Waals surface area contributed by atoms with Gasteiger partial charge in [-0.2, -0.15) is 18.2 Å². The molecule has 13 heteroatoms. The normalized spacial score (nSPS) is 20.1. The summed E-state index contributed by atoms with van der Waals surface area (Å²) < 4.78 is 68.7. The van der Waals surface area contributed by atoms with E-state index >= 15 is 4.39 Å². The summed E-state index contributed by atoms with van der Waals surface area (Å²) in [6, 6.07) is 7.69. The van der Waals surface area contributed by atoms with Crippen molar-refractivity contribution in [3.05, 3.63) is 59.0 Å². The number of benzene rings is 2. The fourth-order valence-corrected chi connectivity index (χ4v) is 6.81. The molecule has 44 heavy (non-hydrogen) atoms. The lowest BCUT2D eigenvalue weighted by Crippen LogP contribution is -2.60. The quantitative estimate of drug-likeness (QED) is 0.351. The predicted molar refractivity (Wildman–Crippen MR) is 154 cm³/mol. The number of alkyl halides is 3. The number of carbonyl (C=O) groups excluding carboxylic acids is 1. The Hall–Kier alpha value is -4.13. The third-order valence-electron chi connectivity index (χ3n) is 9.63. The van der Waals surface area contributed by atoms with Crippen LogP contribution in [0.1, 0.15) is 47.2 Å². The van der Waals surface area contributed by atoms with Gasteiger partial charge in [0.15, 0.2) is 0 Å². The van der Waals surface area contributed by atoms with Crippen LogP contribution in [0.5, 0.6) is 17.4 Å². The van der Waals surface area contributed by atoms with E-state index in [1.807, 2.05) is 4.90 Å². The summed E-state index contributed by atoms with van der Waals surface area (Å²) in [5.74, 6) is -1.61. The second-order valence-corrected chi connectivity index (χ2v) is 12.4. The Kier molecular flexibility index (Phi) is 6.47. The molecule has 3 aromatic rings. The zero-order valence-electron chi connectivity index (χ0n) is 24.6. The summed E-state index contributed by atoms with van der Waals surface area (Å²) in [5.41, 5.74) is 0.0279. The third kappa shape index (κ3) is 4.59. The maximum Gasteiger partial charge on any atom is 0.423 e. The number of rotatable bonds is 6. The monoisotopic (exact) mass is 612 g/mol. The van der Waals surface area contributed by atoms with Gasteiger partial charge in [0.1, 0.15) is 22.9 Å². The molecule has 1 amide bonds. The Morgan fingerprint density at radius 3 is 2.41 bits per heavy atom. The summed E-state index contributed by atoms with van der Waals surface area (Å²) in [6.45, 7) is 3.53. The highest BCUT2D eigenvalue weighted by Gasteiger charge is 2.57. The van der Waals surface area contributed by atoms with E-state index in [0.717, 1.165) is 57.4 Å². The standard InChI is InChI=1S/C31H32F4N6O3/c1-39-11-9-29(10-12-39)16-41(17-29)22-14-24(43-3)21(13-20(22)32)37-28-36-15-19(31(33,34)35)26(38-28)44-23-6-4-5-18-25(23)27(42)40(2)30(18)7-8-30/h4-6,13-15H,7-12,16-17H2,1-3H3,(H,36,37,38). The molecule has 1 aliphatic carbocycles. The molecule has 4 heterocycles. The second kappa shape index (κ2) is 9.94. The Labute approximate surface area is 251 Å². The number of anilines is 3. The molecule has 0 unspecified atom stereocenters. The van der Waals surface area contributed by atoms with Gasteiger partial charge < -0.3 is 29.5 Å². The fourth-order valence-electron chi connectivity index (χ4n) is 6.81. The van der Waals surface area contributed by atoms with E-state index in [9.17, 15) is 18.0 Å². The van der Waals surface area contributed by atoms with E-state index < -0.39 is 29.0 Å². The first-order valence-corrected chi connectivity index (χ1v) is 14.5. The number of hydrogen-bond acceptors (Lipinski definition) is 8. The van der Waals surface area contributed by atoms with Crippen molar-refractivity contribution in [2.45, 2.75) is 37.4 Å². The van der Waals surface area contributed by atoms with Gasteiger partial charge in [-0.05, 0) is 57.5 Å². The van der Waals surface area contributed by atoms with Crippen molar-refractivity contribution in [3.8, 4) is 17.4 Å². The van der Waals surface area contributed by atoms with Crippen LogP contribution in [0.4, 0.5) is 34.9 Å². The van der Waals surface area contributed by atoms with Crippen molar-refractivity contribution in [2.24, 2.45) is 5.41 Å². The number of amides is 1. The van der Waals surface area contributed by atoms with Gasteiger partial charge in [0.25, 0.3) is 5.91 Å². The van der Waals surface area contributed by atoms with Crippen LogP contribution in [0, 0.1) is 11.2 Å². The van der Waals surface area contributed by atoms with Crippen molar-refractivity contribution >= 4 is 23.2 Å². The lowest BCUT2D eigenvalue weighted by atomic mass is 9.72. The number of likely N-dealkylation sites (tertiary alicyclic amines) is 1. The second-order valence-electron chi connectivity index (χ2n) is 12.4. The number of nitrogens with one attached hydrogen (secondary N) is 1. The van der Waals surface area contributed by atoms with Crippen molar-refractivity contribution in [1.82, 2.24) is 19.8 Å². The fraction of sp³-hybridized carbons (Fsp3) is 0.452. The smallest absolute Gasteiger partial charge is 0.423 e. The molecule has 1 aromatic heterocycles. The maximum atomic E-state index is 15.4. The van der Waals surface area contributed by atoms with E-state index in [4.69, 9.17) is 9.47 Å². The van der Waals surface area contributed by atoms with Gasteiger partial charge >= 0.3 is 6.18 Å². The molecule has 3 aliphatic heterocycles. The molecular formula is C31H32F4N6O3. The van der Waals surface area contributed by atoms with Crippen molar-refractivity contribution in [1.29, 1.82) is 0 Å². The van der Waals surface area contributed by atoms with E-state index in [-0.39, 0.29) is 40.0 Å². The largest absolute Gasteiger partial charge is 0.494 e. The van der Waals surface area contributed by atoms with Crippen LogP contribution in [0.3, 0.4) is 0 Å². The lowest BCUT2D eigenvalue weighted by molar-refractivity contribution is -0.139. The summed E-state index contributed by atoms with van der Waals surface area (Å²) in [7, 11) is 5.21. The number of ether oxygens (including phenoxy) is 2. The topological polar surface area (TPSA) is 83.1 Å². The van der Waals surface area contributed by atoms with E-state index in [1.165, 1.54) is 19.2 Å². The van der Waals surface area contributed by atoms with Crippen molar-refractivity contribution in [3.63, 3.8) is 0 Å². The van der Waals surface area contributed by atoms with Gasteiger partial charge in [0.05, 0.1) is 29.6 Å². The van der Waals surface area contributed by atoms with Crippen molar-refractivity contribution in [2.75, 3.05) is 57.6 Å². The molecule has 232 valence electrons. The minimum Gasteiger partial charge on any atom is -0.494 e. The van der Waals surface area contributed by atoms with Crippen LogP contribution in [0.25, 0.3) is 0 Å². The zero-order chi connectivity index (χ0) is 31.0. The number of hydrogen-bond donors (Lipinski definition) is 1. The highest BCUT2D eigenvalue weighted by Crippen LogP contribution is 2.57. The van der Waals surface area contributed by atoms with Crippen LogP contribution in [0.2, 0.25) is 0 Å². The summed E-state index contributed by atoms with van der Waals surface area (Å²) >= 11 is 0. The van der Waals surface area contributed by atoms with Gasteiger partial charge in [-0.1, -0.05) is 12.1 Å². The molecule has 0 bridgehead atoms. The lowest BCUT2D eigenvalue weighted by Gasteiger charge is -2.54. The Balaban J connectivity index is 1.17. The number of aromatic nitrogens is 2. The minimum absolute atomic E-state index is 0.0248. The molecule has 0 atom stereocenters. The number of methoxy groups -OCH3 is 1. The number of piperidine rings is 1. The Bertz CT molecular complexity index is 1640. The molecule has 4 aliphatic rings. The molecule has 9 nitrogen and oxygen atoms in total. The predicted octanol–water partition coefficient (Wildman–Crippen LogP) is 5.79. The summed E-state index contributed by atoms with van der Waals surface area (Å²) in [6.07, 6.45) is -0.569. The van der Waals surface area contributed by atoms with Crippen molar-refractivity contribution < 1.29 is 31.8 Å². The maximum absolute atomic E-state index is 15.4. The van der Waals surface area contributed by atoms with Gasteiger partial charge in [-0.15, -0.1) is 0 Å². The Morgan fingerprint density at radius 1 is 1.02 bits per heavy atom. The first-order valence-electron chi connectivity index (χ1n) is 14.5. The minimum atomic E-state index is -4.84. The molecule has 2 aromatic carbocycles. The third-order valence-corrected chi connectivity index (χ3v) is 9.63. The van der Waals surface area contributed by atoms with Gasteiger partial charge in [-0.3, -0.25) is 4.79 Å². The average Bonchev–Trinajstić information content (AvgIpc) is 3.74. The van der Waals surface area contributed by atoms with Crippen LogP contribution >= 0.6 is 0 Å². The van der Waals surface area contributed by atoms with E-state index in [2.05, 4.69) is 27.2 Å². The van der Waals surface area contributed by atoms with Gasteiger partial charge in [0.2, 0.25) is 11.8 Å². The molecule has 3 fully saturated rings. The molecular weight excluding hydrogens is 580 g/mol. The first-order chi connectivity index (χ1) is 20.9. The van der Waals surface area contributed by atoms with Gasteiger partial charge in [-0.25, -0.2) is 9.37 Å². The number of halogens is 4. The van der Waals surface area contributed by atoms with E-state index in [0.29, 0.717) is 11.9 Å². The molecule has 2 saturated heterocycles. The average molecular weight is 613 g/mol. The highest BCUT2D eigenvalue weighted by molar-refractivity contribution is 6.03. The van der Waals surface area contributed by atoms with Crippen LogP contribution in [-0.2, 0) is 11.7 Å². The zero-order valence-corrected chi connectivity index (χ0v) is 24.6. The van der Waals surface area contributed by atoms with Gasteiger partial charge in [0, 0.05) is 43.9 Å². The van der Waals surface area contributed by atoms with Crippen LogP contribution < -0.4 is 19.7 Å². The van der Waals surface area contributed by atoms with E-state index in [1.54, 1.807) is 30.1 Å². The Morgan fingerprint density at radius 2 is 1.75 bits per heavy atom. The number of carbonyl (C=O) groups is 1. The first kappa shape index (κ1) is 28.6. The number of fused-ring (bicyclic) bond motifs is 2. The summed E-state index contributed by atoms with van der Waals surface area (Å²) in [4.78, 5) is 26.8. The molecule has 0 radical (unpaired) electrons. The SMILES string of the molecule is COc1cc(N2CC3(CCN(C)CC3)C2)c(F)cc1Nc1ncc(C(F)(F)F)c(Oc2cccc3c2C(=O)N(C)C32CC2)n1. The molecule has 1 saturated carbocycles. The van der Waals surface area contributed by atoms with Crippen LogP contribution in [-0.4, -0.2) is 73.1 Å². The van der Waals surface area contributed by atoms with Crippen LogP contribution in [0.15, 0.2) is 36.5 Å². The summed E-state index contributed by atoms with van der Waals surface area (Å²) in [5, 5.41) is 2.79. The number of nitrogens with zero attached hydrogens (tertiary/aromatic N) is 5. The highest BCUT2D eigenvalue weighted by atomic mass is 19.4.